The minimum absolute atomic E-state index is 0.130. The average molecular weight is 460 g/mol. The molecule has 0 unspecified atom stereocenters. The van der Waals surface area contributed by atoms with Gasteiger partial charge in [-0.05, 0) is 50.2 Å². The highest BCUT2D eigenvalue weighted by atomic mass is 35.5. The fourth-order valence-electron chi connectivity index (χ4n) is 3.49. The number of hydrogen-bond donors (Lipinski definition) is 0. The number of thiazole rings is 1. The average Bonchev–Trinajstić information content (AvgIpc) is 3.20. The van der Waals surface area contributed by atoms with Crippen molar-refractivity contribution in [3.8, 4) is 5.75 Å². The molecule has 8 heteroatoms. The Bertz CT molecular complexity index is 999. The van der Waals surface area contributed by atoms with E-state index in [9.17, 15) is 4.79 Å². The van der Waals surface area contributed by atoms with Crippen LogP contribution < -0.4 is 9.64 Å². The van der Waals surface area contributed by atoms with Gasteiger partial charge in [0.15, 0.2) is 10.7 Å². The first-order valence-electron chi connectivity index (χ1n) is 10.3. The number of benzene rings is 2. The number of hydrogen-bond acceptors (Lipinski definition) is 6. The summed E-state index contributed by atoms with van der Waals surface area (Å²) >= 11 is 7.50. The Labute approximate surface area is 191 Å². The van der Waals surface area contributed by atoms with Crippen LogP contribution in [0.3, 0.4) is 0 Å². The maximum atomic E-state index is 13.7. The molecule has 0 aliphatic carbocycles. The van der Waals surface area contributed by atoms with Crippen LogP contribution in [0.5, 0.6) is 5.75 Å². The van der Waals surface area contributed by atoms with Gasteiger partial charge >= 0.3 is 0 Å². The summed E-state index contributed by atoms with van der Waals surface area (Å²) < 4.78 is 12.6. The third-order valence-electron chi connectivity index (χ3n) is 5.20. The summed E-state index contributed by atoms with van der Waals surface area (Å²) in [6.45, 7) is 8.05. The van der Waals surface area contributed by atoms with Crippen molar-refractivity contribution in [2.24, 2.45) is 0 Å². The van der Waals surface area contributed by atoms with Gasteiger partial charge in [0.2, 0.25) is 0 Å². The number of anilines is 1. The summed E-state index contributed by atoms with van der Waals surface area (Å²) in [4.78, 5) is 22.5. The van der Waals surface area contributed by atoms with Crippen LogP contribution in [0, 0.1) is 0 Å². The molecule has 1 aliphatic heterocycles. The molecule has 1 aromatic heterocycles. The zero-order valence-electron chi connectivity index (χ0n) is 17.7. The summed E-state index contributed by atoms with van der Waals surface area (Å²) in [7, 11) is 0. The van der Waals surface area contributed by atoms with Gasteiger partial charge in [-0.25, -0.2) is 4.98 Å². The molecular formula is C23H26ClN3O3S. The Morgan fingerprint density at radius 3 is 2.61 bits per heavy atom. The number of carbonyl (C=O) groups excluding carboxylic acids is 1. The molecule has 0 N–H and O–H groups in total. The van der Waals surface area contributed by atoms with Gasteiger partial charge in [0.1, 0.15) is 5.75 Å². The number of nitrogens with zero attached hydrogens (tertiary/aromatic N) is 3. The minimum Gasteiger partial charge on any atom is -0.478 e. The number of rotatable bonds is 7. The number of aromatic nitrogens is 1. The van der Waals surface area contributed by atoms with E-state index >= 15 is 0 Å². The lowest BCUT2D eigenvalue weighted by atomic mass is 10.1. The first-order chi connectivity index (χ1) is 14.9. The van der Waals surface area contributed by atoms with Gasteiger partial charge in [-0.1, -0.05) is 35.1 Å². The lowest BCUT2D eigenvalue weighted by Crippen LogP contribution is -2.51. The SMILES string of the molecule is CC(C)(Oc1ccc(Cl)cc1)C(=O)N(CCN1CCOCC1)c1nc2ccccc2s1. The molecule has 0 radical (unpaired) electrons. The van der Waals surface area contributed by atoms with Crippen molar-refractivity contribution in [3.63, 3.8) is 0 Å². The van der Waals surface area contributed by atoms with Crippen LogP contribution in [0.25, 0.3) is 10.2 Å². The highest BCUT2D eigenvalue weighted by Gasteiger charge is 2.36. The largest absolute Gasteiger partial charge is 0.478 e. The molecule has 31 heavy (non-hydrogen) atoms. The predicted molar refractivity (Wildman–Crippen MR) is 125 cm³/mol. The molecule has 1 aliphatic rings. The van der Waals surface area contributed by atoms with Crippen LogP contribution in [0.15, 0.2) is 48.5 Å². The number of morpholine rings is 1. The molecule has 1 fully saturated rings. The van der Waals surface area contributed by atoms with E-state index in [1.54, 1.807) is 43.0 Å². The van der Waals surface area contributed by atoms with Crippen molar-refractivity contribution < 1.29 is 14.3 Å². The maximum Gasteiger partial charge on any atom is 0.272 e. The molecule has 1 amide bonds. The van der Waals surface area contributed by atoms with E-state index in [4.69, 9.17) is 26.1 Å². The Kier molecular flexibility index (Phi) is 6.77. The Balaban J connectivity index is 1.58. The fraction of sp³-hybridized carbons (Fsp3) is 0.391. The molecule has 6 nitrogen and oxygen atoms in total. The van der Waals surface area contributed by atoms with Gasteiger partial charge < -0.3 is 9.47 Å². The van der Waals surface area contributed by atoms with Gasteiger partial charge in [0.05, 0.1) is 23.4 Å². The van der Waals surface area contributed by atoms with Crippen molar-refractivity contribution in [3.05, 3.63) is 53.6 Å². The van der Waals surface area contributed by atoms with E-state index < -0.39 is 5.60 Å². The second kappa shape index (κ2) is 9.53. The van der Waals surface area contributed by atoms with E-state index in [2.05, 4.69) is 4.90 Å². The summed E-state index contributed by atoms with van der Waals surface area (Å²) in [6, 6.07) is 15.0. The van der Waals surface area contributed by atoms with Crippen LogP contribution >= 0.6 is 22.9 Å². The molecule has 2 heterocycles. The number of para-hydroxylation sites is 1. The summed E-state index contributed by atoms with van der Waals surface area (Å²) in [6.07, 6.45) is 0. The zero-order valence-corrected chi connectivity index (χ0v) is 19.3. The Morgan fingerprint density at radius 1 is 1.19 bits per heavy atom. The van der Waals surface area contributed by atoms with Crippen molar-refractivity contribution in [2.75, 3.05) is 44.3 Å². The molecule has 4 rings (SSSR count). The minimum atomic E-state index is -1.07. The second-order valence-electron chi connectivity index (χ2n) is 7.94. The van der Waals surface area contributed by atoms with Crippen LogP contribution in [-0.4, -0.2) is 60.8 Å². The molecule has 164 valence electrons. The number of ether oxygens (including phenoxy) is 2. The monoisotopic (exact) mass is 459 g/mol. The third-order valence-corrected chi connectivity index (χ3v) is 6.52. The van der Waals surface area contributed by atoms with Crippen LogP contribution in [0.4, 0.5) is 5.13 Å². The standard InChI is InChI=1S/C23H26ClN3O3S/c1-23(2,30-18-9-7-17(24)8-10-18)21(28)27(12-11-26-13-15-29-16-14-26)22-25-19-5-3-4-6-20(19)31-22/h3-10H,11-16H2,1-2H3. The summed E-state index contributed by atoms with van der Waals surface area (Å²) in [5, 5.41) is 1.31. The normalized spacial score (nSPS) is 15.2. The maximum absolute atomic E-state index is 13.7. The highest BCUT2D eigenvalue weighted by Crippen LogP contribution is 2.31. The fourth-order valence-corrected chi connectivity index (χ4v) is 4.61. The van der Waals surface area contributed by atoms with E-state index in [1.165, 1.54) is 11.3 Å². The smallest absolute Gasteiger partial charge is 0.272 e. The molecule has 2 aromatic carbocycles. The molecular weight excluding hydrogens is 434 g/mol. The van der Waals surface area contributed by atoms with Gasteiger partial charge in [-0.3, -0.25) is 14.6 Å². The number of carbonyl (C=O) groups is 1. The molecule has 1 saturated heterocycles. The van der Waals surface area contributed by atoms with Crippen molar-refractivity contribution in [1.29, 1.82) is 0 Å². The zero-order chi connectivity index (χ0) is 21.8. The summed E-state index contributed by atoms with van der Waals surface area (Å²) in [5.74, 6) is 0.468. The van der Waals surface area contributed by atoms with Gasteiger partial charge in [0.25, 0.3) is 5.91 Å². The highest BCUT2D eigenvalue weighted by molar-refractivity contribution is 7.22. The first-order valence-corrected chi connectivity index (χ1v) is 11.5. The lowest BCUT2D eigenvalue weighted by molar-refractivity contribution is -0.131. The van der Waals surface area contributed by atoms with Crippen molar-refractivity contribution >= 4 is 44.2 Å². The Hall–Kier alpha value is -2.19. The van der Waals surface area contributed by atoms with Gasteiger partial charge in [-0.15, -0.1) is 0 Å². The third kappa shape index (κ3) is 5.36. The molecule has 0 saturated carbocycles. The number of amides is 1. The van der Waals surface area contributed by atoms with Crippen LogP contribution in [-0.2, 0) is 9.53 Å². The van der Waals surface area contributed by atoms with Crippen molar-refractivity contribution in [2.45, 2.75) is 19.4 Å². The second-order valence-corrected chi connectivity index (χ2v) is 9.39. The quantitative estimate of drug-likeness (QED) is 0.521. The number of fused-ring (bicyclic) bond motifs is 1. The van der Waals surface area contributed by atoms with Crippen molar-refractivity contribution in [1.82, 2.24) is 9.88 Å². The number of halogens is 1. The van der Waals surface area contributed by atoms with Gasteiger partial charge in [-0.2, -0.15) is 0 Å². The molecule has 3 aromatic rings. The summed E-state index contributed by atoms with van der Waals surface area (Å²) in [5.41, 5.74) is -0.181. The lowest BCUT2D eigenvalue weighted by Gasteiger charge is -2.33. The van der Waals surface area contributed by atoms with E-state index in [-0.39, 0.29) is 5.91 Å². The predicted octanol–water partition coefficient (Wildman–Crippen LogP) is 4.47. The van der Waals surface area contributed by atoms with Crippen LogP contribution in [0.2, 0.25) is 5.02 Å². The van der Waals surface area contributed by atoms with Gasteiger partial charge in [0, 0.05) is 31.2 Å². The van der Waals surface area contributed by atoms with E-state index in [0.29, 0.717) is 22.4 Å². The molecule has 0 atom stereocenters. The van der Waals surface area contributed by atoms with Crippen LogP contribution in [0.1, 0.15) is 13.8 Å². The first kappa shape index (κ1) is 22.0. The molecule has 0 spiro atoms. The molecule has 0 bridgehead atoms. The topological polar surface area (TPSA) is 54.9 Å². The Morgan fingerprint density at radius 2 is 1.90 bits per heavy atom. The van der Waals surface area contributed by atoms with E-state index in [1.807, 2.05) is 24.3 Å². The van der Waals surface area contributed by atoms with E-state index in [0.717, 1.165) is 43.1 Å².